The van der Waals surface area contributed by atoms with E-state index in [0.29, 0.717) is 6.61 Å². The molecule has 1 aromatic rings. The van der Waals surface area contributed by atoms with Crippen LogP contribution < -0.4 is 5.32 Å². The van der Waals surface area contributed by atoms with E-state index in [4.69, 9.17) is 4.74 Å². The number of aromatic nitrogens is 1. The van der Waals surface area contributed by atoms with E-state index >= 15 is 0 Å². The fourth-order valence-electron chi connectivity index (χ4n) is 2.12. The lowest BCUT2D eigenvalue weighted by molar-refractivity contribution is -0.145. The largest absolute Gasteiger partial charge is 0.465 e. The minimum absolute atomic E-state index is 0.123. The van der Waals surface area contributed by atoms with E-state index in [1.54, 1.807) is 11.3 Å². The van der Waals surface area contributed by atoms with Crippen molar-refractivity contribution < 1.29 is 9.53 Å². The number of aryl methyl sites for hydroxylation is 1. The number of nitrogens with one attached hydrogen (secondary N) is 1. The first kappa shape index (κ1) is 12.4. The van der Waals surface area contributed by atoms with Gasteiger partial charge in [0.15, 0.2) is 5.13 Å². The summed E-state index contributed by atoms with van der Waals surface area (Å²) in [6.07, 6.45) is 2.94. The van der Waals surface area contributed by atoms with Crippen LogP contribution in [0.1, 0.15) is 43.2 Å². The Morgan fingerprint density at radius 1 is 1.59 bits per heavy atom. The third-order valence-electron chi connectivity index (χ3n) is 2.85. The molecule has 1 aliphatic carbocycles. The lowest BCUT2D eigenvalue weighted by Gasteiger charge is -2.19. The highest BCUT2D eigenvalue weighted by Gasteiger charge is 2.31. The first-order chi connectivity index (χ1) is 8.26. The van der Waals surface area contributed by atoms with Gasteiger partial charge in [-0.05, 0) is 33.1 Å². The smallest absolute Gasteiger partial charge is 0.315 e. The fourth-order valence-corrected chi connectivity index (χ4v) is 3.25. The zero-order valence-corrected chi connectivity index (χ0v) is 11.1. The molecule has 0 fully saturated rings. The van der Waals surface area contributed by atoms with Crippen LogP contribution in [0.5, 0.6) is 0 Å². The summed E-state index contributed by atoms with van der Waals surface area (Å²) in [5.41, 5.74) is 0.940. The summed E-state index contributed by atoms with van der Waals surface area (Å²) in [5.74, 6) is -0.274. The predicted molar refractivity (Wildman–Crippen MR) is 68.6 cm³/mol. The average molecular weight is 254 g/mol. The van der Waals surface area contributed by atoms with Crippen LogP contribution in [0.3, 0.4) is 0 Å². The van der Waals surface area contributed by atoms with Gasteiger partial charge in [-0.25, -0.2) is 4.98 Å². The molecule has 0 aromatic carbocycles. The normalized spacial score (nSPS) is 18.6. The lowest BCUT2D eigenvalue weighted by Crippen LogP contribution is -2.20. The molecule has 5 heteroatoms. The number of thiazole rings is 1. The number of esters is 1. The first-order valence-corrected chi connectivity index (χ1v) is 6.98. The highest BCUT2D eigenvalue weighted by molar-refractivity contribution is 7.15. The molecule has 2 rings (SSSR count). The Kier molecular flexibility index (Phi) is 3.99. The minimum atomic E-state index is -0.151. The Hall–Kier alpha value is -1.10. The monoisotopic (exact) mass is 254 g/mol. The minimum Gasteiger partial charge on any atom is -0.465 e. The van der Waals surface area contributed by atoms with Gasteiger partial charge < -0.3 is 10.1 Å². The van der Waals surface area contributed by atoms with Crippen LogP contribution in [0, 0.1) is 0 Å². The molecular weight excluding hydrogens is 236 g/mol. The van der Waals surface area contributed by atoms with Gasteiger partial charge in [0.05, 0.1) is 12.3 Å². The molecule has 0 saturated heterocycles. The lowest BCUT2D eigenvalue weighted by atomic mass is 9.91. The van der Waals surface area contributed by atoms with Crippen molar-refractivity contribution in [2.45, 2.75) is 39.0 Å². The van der Waals surface area contributed by atoms with E-state index in [1.807, 2.05) is 13.8 Å². The number of nitrogens with zero attached hydrogens (tertiary/aromatic N) is 1. The standard InChI is InChI=1S/C12H18N2O2S/c1-3-13-12-14-10-8(11(15)16-4-2)6-5-7-9(10)17-12/h8H,3-7H2,1-2H3,(H,13,14). The Morgan fingerprint density at radius 3 is 3.12 bits per heavy atom. The first-order valence-electron chi connectivity index (χ1n) is 6.16. The fraction of sp³-hybridized carbons (Fsp3) is 0.667. The third-order valence-corrected chi connectivity index (χ3v) is 3.94. The highest BCUT2D eigenvalue weighted by Crippen LogP contribution is 2.37. The summed E-state index contributed by atoms with van der Waals surface area (Å²) >= 11 is 1.67. The Balaban J connectivity index is 2.21. The van der Waals surface area contributed by atoms with Gasteiger partial charge in [-0.2, -0.15) is 0 Å². The maximum absolute atomic E-state index is 11.8. The third kappa shape index (κ3) is 2.60. The van der Waals surface area contributed by atoms with Gasteiger partial charge in [0.2, 0.25) is 0 Å². The van der Waals surface area contributed by atoms with Crippen LogP contribution in [-0.2, 0) is 16.0 Å². The molecule has 4 nitrogen and oxygen atoms in total. The summed E-state index contributed by atoms with van der Waals surface area (Å²) in [6.45, 7) is 5.18. The van der Waals surface area contributed by atoms with Crippen LogP contribution in [0.25, 0.3) is 0 Å². The summed E-state index contributed by atoms with van der Waals surface area (Å²) in [6, 6.07) is 0. The number of carbonyl (C=O) groups excluding carboxylic acids is 1. The van der Waals surface area contributed by atoms with Crippen molar-refractivity contribution in [3.63, 3.8) is 0 Å². The van der Waals surface area contributed by atoms with Gasteiger partial charge in [0.25, 0.3) is 0 Å². The molecule has 1 aromatic heterocycles. The molecule has 1 unspecified atom stereocenters. The van der Waals surface area contributed by atoms with E-state index < -0.39 is 0 Å². The molecule has 0 bridgehead atoms. The zero-order valence-electron chi connectivity index (χ0n) is 10.3. The van der Waals surface area contributed by atoms with E-state index in [2.05, 4.69) is 10.3 Å². The molecule has 0 spiro atoms. The average Bonchev–Trinajstić information content (AvgIpc) is 2.71. The second kappa shape index (κ2) is 5.49. The van der Waals surface area contributed by atoms with Crippen molar-refractivity contribution in [2.75, 3.05) is 18.5 Å². The number of ether oxygens (including phenoxy) is 1. The van der Waals surface area contributed by atoms with Crippen molar-refractivity contribution in [1.82, 2.24) is 4.98 Å². The van der Waals surface area contributed by atoms with Crippen LogP contribution in [0.2, 0.25) is 0 Å². The number of hydrogen-bond acceptors (Lipinski definition) is 5. The summed E-state index contributed by atoms with van der Waals surface area (Å²) < 4.78 is 5.11. The van der Waals surface area contributed by atoms with Gasteiger partial charge in [-0.3, -0.25) is 4.79 Å². The van der Waals surface area contributed by atoms with Crippen LogP contribution in [0.4, 0.5) is 5.13 Å². The number of carbonyl (C=O) groups is 1. The maximum Gasteiger partial charge on any atom is 0.315 e. The number of fused-ring (bicyclic) bond motifs is 1. The van der Waals surface area contributed by atoms with Crippen molar-refractivity contribution in [3.05, 3.63) is 10.6 Å². The molecule has 0 aliphatic heterocycles. The number of anilines is 1. The number of hydrogen-bond donors (Lipinski definition) is 1. The van der Waals surface area contributed by atoms with Crippen molar-refractivity contribution in [2.24, 2.45) is 0 Å². The van der Waals surface area contributed by atoms with E-state index in [-0.39, 0.29) is 11.9 Å². The quantitative estimate of drug-likeness (QED) is 0.839. The molecule has 94 valence electrons. The van der Waals surface area contributed by atoms with Gasteiger partial charge >= 0.3 is 5.97 Å². The molecule has 1 heterocycles. The Morgan fingerprint density at radius 2 is 2.41 bits per heavy atom. The van der Waals surface area contributed by atoms with E-state index in [1.165, 1.54) is 4.88 Å². The second-order valence-corrected chi connectivity index (χ2v) is 5.14. The van der Waals surface area contributed by atoms with Crippen molar-refractivity contribution >= 4 is 22.4 Å². The Bertz CT molecular complexity index is 403. The molecule has 17 heavy (non-hydrogen) atoms. The number of rotatable bonds is 4. The molecule has 0 saturated carbocycles. The van der Waals surface area contributed by atoms with Crippen LogP contribution >= 0.6 is 11.3 Å². The summed E-state index contributed by atoms with van der Waals surface area (Å²) in [7, 11) is 0. The van der Waals surface area contributed by atoms with Crippen LogP contribution in [0.15, 0.2) is 0 Å². The molecule has 1 aliphatic rings. The van der Waals surface area contributed by atoms with Crippen molar-refractivity contribution in [1.29, 1.82) is 0 Å². The summed E-state index contributed by atoms with van der Waals surface area (Å²) in [4.78, 5) is 17.6. The van der Waals surface area contributed by atoms with Gasteiger partial charge in [-0.1, -0.05) is 0 Å². The predicted octanol–water partition coefficient (Wildman–Crippen LogP) is 2.56. The SMILES string of the molecule is CCNc1nc2c(s1)CCCC2C(=O)OCC. The topological polar surface area (TPSA) is 51.2 Å². The molecule has 1 N–H and O–H groups in total. The van der Waals surface area contributed by atoms with Crippen molar-refractivity contribution in [3.8, 4) is 0 Å². The molecular formula is C12H18N2O2S. The Labute approximate surface area is 105 Å². The highest BCUT2D eigenvalue weighted by atomic mass is 32.1. The van der Waals surface area contributed by atoms with Gasteiger partial charge in [-0.15, -0.1) is 11.3 Å². The molecule has 1 atom stereocenters. The second-order valence-electron chi connectivity index (χ2n) is 4.05. The zero-order chi connectivity index (χ0) is 12.3. The van der Waals surface area contributed by atoms with Gasteiger partial charge in [0, 0.05) is 11.4 Å². The maximum atomic E-state index is 11.8. The van der Waals surface area contributed by atoms with E-state index in [0.717, 1.165) is 36.6 Å². The van der Waals surface area contributed by atoms with Crippen LogP contribution in [-0.4, -0.2) is 24.1 Å². The summed E-state index contributed by atoms with van der Waals surface area (Å²) in [5, 5.41) is 4.14. The van der Waals surface area contributed by atoms with E-state index in [9.17, 15) is 4.79 Å². The molecule has 0 amide bonds. The van der Waals surface area contributed by atoms with Gasteiger partial charge in [0.1, 0.15) is 5.92 Å². The molecule has 0 radical (unpaired) electrons.